The number of aromatic nitrogens is 2. The summed E-state index contributed by atoms with van der Waals surface area (Å²) in [4.78, 5) is 7.94. The molecule has 4 heteroatoms. The monoisotopic (exact) mass is 239 g/mol. The molecule has 0 atom stereocenters. The summed E-state index contributed by atoms with van der Waals surface area (Å²) in [6, 6.07) is 12.6. The summed E-state index contributed by atoms with van der Waals surface area (Å²) in [6.45, 7) is 0. The number of hydrogen-bond acceptors (Lipinski definition) is 3. The molecule has 3 nitrogen and oxygen atoms in total. The van der Waals surface area contributed by atoms with E-state index in [9.17, 15) is 4.39 Å². The lowest BCUT2D eigenvalue weighted by Gasteiger charge is -2.06. The number of nitrogens with zero attached hydrogens (tertiary/aromatic N) is 2. The van der Waals surface area contributed by atoms with E-state index in [1.165, 1.54) is 0 Å². The third-order valence-corrected chi connectivity index (χ3v) is 2.79. The van der Waals surface area contributed by atoms with Crippen molar-refractivity contribution in [3.63, 3.8) is 0 Å². The number of halogens is 1. The lowest BCUT2D eigenvalue weighted by molar-refractivity contribution is 0.590. The van der Waals surface area contributed by atoms with Crippen LogP contribution in [0.2, 0.25) is 0 Å². The minimum Gasteiger partial charge on any atom is -0.384 e. The van der Waals surface area contributed by atoms with E-state index in [0.29, 0.717) is 5.56 Å². The van der Waals surface area contributed by atoms with Crippen LogP contribution in [0.3, 0.4) is 0 Å². The lowest BCUT2D eigenvalue weighted by atomic mass is 10.0. The molecule has 0 aliphatic rings. The normalized spacial score (nSPS) is 10.7. The predicted octanol–water partition coefficient (Wildman–Crippen LogP) is 3.02. The number of benzene rings is 1. The fraction of sp³-hybridized carbons (Fsp3) is 0. The van der Waals surface area contributed by atoms with E-state index in [1.807, 2.05) is 30.3 Å². The van der Waals surface area contributed by atoms with E-state index in [4.69, 9.17) is 5.73 Å². The first kappa shape index (κ1) is 10.7. The van der Waals surface area contributed by atoms with Gasteiger partial charge in [-0.15, -0.1) is 0 Å². The largest absolute Gasteiger partial charge is 0.384 e. The first-order valence-corrected chi connectivity index (χ1v) is 5.52. The molecule has 0 aliphatic carbocycles. The zero-order chi connectivity index (χ0) is 12.5. The number of rotatable bonds is 1. The van der Waals surface area contributed by atoms with Gasteiger partial charge in [-0.05, 0) is 18.2 Å². The van der Waals surface area contributed by atoms with Crippen LogP contribution in [-0.4, -0.2) is 9.97 Å². The van der Waals surface area contributed by atoms with Crippen LogP contribution in [0.15, 0.2) is 48.7 Å². The number of para-hydroxylation sites is 1. The van der Waals surface area contributed by atoms with Gasteiger partial charge in [-0.25, -0.2) is 4.98 Å². The number of hydrogen-bond donors (Lipinski definition) is 1. The van der Waals surface area contributed by atoms with Crippen molar-refractivity contribution in [2.45, 2.75) is 0 Å². The van der Waals surface area contributed by atoms with Gasteiger partial charge in [-0.2, -0.15) is 4.39 Å². The summed E-state index contributed by atoms with van der Waals surface area (Å²) < 4.78 is 13.8. The smallest absolute Gasteiger partial charge is 0.222 e. The Bertz CT molecular complexity index is 720. The Morgan fingerprint density at radius 1 is 0.944 bits per heavy atom. The summed E-state index contributed by atoms with van der Waals surface area (Å²) >= 11 is 0. The van der Waals surface area contributed by atoms with Crippen molar-refractivity contribution in [1.29, 1.82) is 0 Å². The van der Waals surface area contributed by atoms with Crippen molar-refractivity contribution >= 4 is 16.7 Å². The van der Waals surface area contributed by atoms with Crippen LogP contribution in [-0.2, 0) is 0 Å². The molecule has 1 aromatic carbocycles. The van der Waals surface area contributed by atoms with Gasteiger partial charge in [-0.3, -0.25) is 4.98 Å². The highest BCUT2D eigenvalue weighted by Gasteiger charge is 2.10. The SMILES string of the molecule is Nc1ccc(-c2cccc3cccnc23)c(F)n1. The summed E-state index contributed by atoms with van der Waals surface area (Å²) in [5.41, 5.74) is 7.34. The van der Waals surface area contributed by atoms with Crippen LogP contribution in [0.4, 0.5) is 10.2 Å². The van der Waals surface area contributed by atoms with Crippen LogP contribution in [0.25, 0.3) is 22.0 Å². The quantitative estimate of drug-likeness (QED) is 0.664. The first-order valence-electron chi connectivity index (χ1n) is 5.52. The van der Waals surface area contributed by atoms with Crippen molar-refractivity contribution in [1.82, 2.24) is 9.97 Å². The van der Waals surface area contributed by atoms with E-state index in [2.05, 4.69) is 9.97 Å². The van der Waals surface area contributed by atoms with Gasteiger partial charge >= 0.3 is 0 Å². The molecule has 88 valence electrons. The molecule has 18 heavy (non-hydrogen) atoms. The summed E-state index contributed by atoms with van der Waals surface area (Å²) in [6.07, 6.45) is 1.69. The van der Waals surface area contributed by atoms with Gasteiger partial charge in [0.15, 0.2) is 0 Å². The molecule has 0 aliphatic heterocycles. The average molecular weight is 239 g/mol. The van der Waals surface area contributed by atoms with Gasteiger partial charge < -0.3 is 5.73 Å². The number of nitrogens with two attached hydrogens (primary N) is 1. The highest BCUT2D eigenvalue weighted by Crippen LogP contribution is 2.28. The summed E-state index contributed by atoms with van der Waals surface area (Å²) in [5, 5.41) is 0.964. The Kier molecular flexibility index (Phi) is 2.41. The van der Waals surface area contributed by atoms with Gasteiger partial charge in [0, 0.05) is 22.7 Å². The Labute approximate surface area is 103 Å². The molecule has 0 saturated heterocycles. The highest BCUT2D eigenvalue weighted by atomic mass is 19.1. The molecular formula is C14H10FN3. The van der Waals surface area contributed by atoms with Crippen molar-refractivity contribution in [3.05, 3.63) is 54.6 Å². The topological polar surface area (TPSA) is 51.8 Å². The summed E-state index contributed by atoms with van der Waals surface area (Å²) in [7, 11) is 0. The molecule has 3 rings (SSSR count). The number of nitrogen functional groups attached to an aromatic ring is 1. The molecule has 0 radical (unpaired) electrons. The summed E-state index contributed by atoms with van der Waals surface area (Å²) in [5.74, 6) is -0.405. The molecule has 2 aromatic heterocycles. The van der Waals surface area contributed by atoms with Gasteiger partial charge in [0.25, 0.3) is 0 Å². The third kappa shape index (κ3) is 1.68. The molecule has 0 amide bonds. The Morgan fingerprint density at radius 3 is 2.61 bits per heavy atom. The number of anilines is 1. The lowest BCUT2D eigenvalue weighted by Crippen LogP contribution is -1.96. The van der Waals surface area contributed by atoms with Crippen molar-refractivity contribution in [3.8, 4) is 11.1 Å². The van der Waals surface area contributed by atoms with E-state index in [0.717, 1.165) is 16.5 Å². The molecular weight excluding hydrogens is 229 g/mol. The van der Waals surface area contributed by atoms with Gasteiger partial charge in [-0.1, -0.05) is 24.3 Å². The van der Waals surface area contributed by atoms with E-state index in [1.54, 1.807) is 18.3 Å². The second-order valence-corrected chi connectivity index (χ2v) is 3.96. The maximum atomic E-state index is 13.8. The first-order chi connectivity index (χ1) is 8.75. The Hall–Kier alpha value is -2.49. The Morgan fingerprint density at radius 2 is 1.78 bits per heavy atom. The fourth-order valence-corrected chi connectivity index (χ4v) is 1.97. The fourth-order valence-electron chi connectivity index (χ4n) is 1.97. The second kappa shape index (κ2) is 4.07. The van der Waals surface area contributed by atoms with Crippen molar-refractivity contribution in [2.75, 3.05) is 5.73 Å². The molecule has 0 bridgehead atoms. The van der Waals surface area contributed by atoms with E-state index >= 15 is 0 Å². The minimum absolute atomic E-state index is 0.171. The third-order valence-electron chi connectivity index (χ3n) is 2.79. The molecule has 3 aromatic rings. The maximum absolute atomic E-state index is 13.8. The zero-order valence-electron chi connectivity index (χ0n) is 9.47. The number of pyridine rings is 2. The average Bonchev–Trinajstić information content (AvgIpc) is 2.38. The van der Waals surface area contributed by atoms with Crippen molar-refractivity contribution in [2.24, 2.45) is 0 Å². The Balaban J connectivity index is 2.31. The highest BCUT2D eigenvalue weighted by molar-refractivity contribution is 5.93. The van der Waals surface area contributed by atoms with Gasteiger partial charge in [0.2, 0.25) is 5.95 Å². The van der Waals surface area contributed by atoms with Crippen LogP contribution in [0.5, 0.6) is 0 Å². The van der Waals surface area contributed by atoms with Gasteiger partial charge in [0.05, 0.1) is 5.52 Å². The zero-order valence-corrected chi connectivity index (χ0v) is 9.47. The molecule has 0 spiro atoms. The van der Waals surface area contributed by atoms with Crippen LogP contribution < -0.4 is 5.73 Å². The second-order valence-electron chi connectivity index (χ2n) is 3.96. The standard InChI is InChI=1S/C14H10FN3/c15-14-11(6-7-12(16)18-14)10-5-1-3-9-4-2-8-17-13(9)10/h1-8H,(H2,16,18). The molecule has 2 N–H and O–H groups in total. The maximum Gasteiger partial charge on any atom is 0.222 e. The van der Waals surface area contributed by atoms with Crippen LogP contribution in [0.1, 0.15) is 0 Å². The van der Waals surface area contributed by atoms with Crippen LogP contribution in [0, 0.1) is 5.95 Å². The van der Waals surface area contributed by atoms with Gasteiger partial charge in [0.1, 0.15) is 5.82 Å². The predicted molar refractivity (Wildman–Crippen MR) is 69.3 cm³/mol. The minimum atomic E-state index is -0.576. The molecule has 0 saturated carbocycles. The molecule has 2 heterocycles. The van der Waals surface area contributed by atoms with E-state index in [-0.39, 0.29) is 5.82 Å². The molecule has 0 unspecified atom stereocenters. The van der Waals surface area contributed by atoms with Crippen molar-refractivity contribution < 1.29 is 4.39 Å². The van der Waals surface area contributed by atoms with Crippen LogP contribution >= 0.6 is 0 Å². The van der Waals surface area contributed by atoms with E-state index < -0.39 is 5.95 Å². The number of fused-ring (bicyclic) bond motifs is 1. The molecule has 0 fully saturated rings.